The van der Waals surface area contributed by atoms with Crippen LogP contribution in [0, 0.1) is 10.1 Å². The van der Waals surface area contributed by atoms with E-state index in [2.05, 4.69) is 4.99 Å². The van der Waals surface area contributed by atoms with E-state index in [-0.39, 0.29) is 5.69 Å². The maximum Gasteiger partial charge on any atom is 0.269 e. The summed E-state index contributed by atoms with van der Waals surface area (Å²) in [6.07, 6.45) is 2.42. The van der Waals surface area contributed by atoms with E-state index in [0.29, 0.717) is 11.3 Å². The van der Waals surface area contributed by atoms with Crippen molar-refractivity contribution in [3.05, 3.63) is 64.2 Å². The summed E-state index contributed by atoms with van der Waals surface area (Å²) >= 11 is 0. The highest BCUT2D eigenvalue weighted by Gasteiger charge is 2.31. The van der Waals surface area contributed by atoms with Crippen molar-refractivity contribution < 1.29 is 9.72 Å². The van der Waals surface area contributed by atoms with Crippen molar-refractivity contribution in [3.8, 4) is 0 Å². The maximum atomic E-state index is 11.9. The molecular formula is C18H17N3O3. The zero-order valence-electron chi connectivity index (χ0n) is 13.3. The highest BCUT2D eigenvalue weighted by Crippen LogP contribution is 2.39. The molecule has 0 aliphatic carbocycles. The number of hydrogen-bond acceptors (Lipinski definition) is 5. The minimum Gasteiger partial charge on any atom is -0.315 e. The summed E-state index contributed by atoms with van der Waals surface area (Å²) < 4.78 is 0. The fraction of sp³-hybridized carbons (Fsp3) is 0.222. The molecule has 2 aromatic rings. The Morgan fingerprint density at radius 1 is 1.25 bits per heavy atom. The van der Waals surface area contributed by atoms with Crippen LogP contribution in [0.1, 0.15) is 31.4 Å². The number of aliphatic imine (C=N–C) groups is 1. The second-order valence-electron chi connectivity index (χ2n) is 5.56. The van der Waals surface area contributed by atoms with Crippen molar-refractivity contribution in [2.24, 2.45) is 4.99 Å². The first kappa shape index (κ1) is 15.9. The van der Waals surface area contributed by atoms with Crippen LogP contribution in [0.3, 0.4) is 0 Å². The molecule has 0 N–H and O–H groups in total. The maximum absolute atomic E-state index is 11.9. The molecule has 0 saturated carbocycles. The van der Waals surface area contributed by atoms with Crippen molar-refractivity contribution in [3.63, 3.8) is 0 Å². The van der Waals surface area contributed by atoms with Crippen LogP contribution in [-0.2, 0) is 4.79 Å². The molecule has 6 nitrogen and oxygen atoms in total. The number of para-hydroxylation sites is 1. The van der Waals surface area contributed by atoms with Gasteiger partial charge in [0.05, 0.1) is 10.6 Å². The smallest absolute Gasteiger partial charge is 0.269 e. The van der Waals surface area contributed by atoms with E-state index in [9.17, 15) is 14.9 Å². The molecule has 0 amide bonds. The number of nitrogens with zero attached hydrogens (tertiary/aromatic N) is 3. The quantitative estimate of drug-likeness (QED) is 0.470. The lowest BCUT2D eigenvalue weighted by Gasteiger charge is -2.35. The highest BCUT2D eigenvalue weighted by molar-refractivity contribution is 6.05. The van der Waals surface area contributed by atoms with Gasteiger partial charge in [0.25, 0.3) is 5.69 Å². The van der Waals surface area contributed by atoms with E-state index in [0.717, 1.165) is 30.7 Å². The number of anilines is 1. The fourth-order valence-electron chi connectivity index (χ4n) is 2.92. The molecule has 24 heavy (non-hydrogen) atoms. The Balaban J connectivity index is 2.17. The van der Waals surface area contributed by atoms with E-state index in [1.165, 1.54) is 12.1 Å². The average molecular weight is 323 g/mol. The van der Waals surface area contributed by atoms with Crippen molar-refractivity contribution in [1.29, 1.82) is 0 Å². The van der Waals surface area contributed by atoms with Crippen LogP contribution < -0.4 is 4.90 Å². The number of fused-ring (bicyclic) bond motifs is 1. The first-order valence-corrected chi connectivity index (χ1v) is 7.81. The van der Waals surface area contributed by atoms with Crippen LogP contribution >= 0.6 is 0 Å². The highest BCUT2D eigenvalue weighted by atomic mass is 16.6. The van der Waals surface area contributed by atoms with Gasteiger partial charge in [-0.1, -0.05) is 25.1 Å². The molecule has 1 aliphatic rings. The summed E-state index contributed by atoms with van der Waals surface area (Å²) in [6.45, 7) is 2.05. The van der Waals surface area contributed by atoms with Crippen LogP contribution in [0.25, 0.3) is 0 Å². The van der Waals surface area contributed by atoms with Gasteiger partial charge in [-0.2, -0.15) is 0 Å². The summed E-state index contributed by atoms with van der Waals surface area (Å²) in [6, 6.07) is 13.4. The summed E-state index contributed by atoms with van der Waals surface area (Å²) in [7, 11) is 0. The third kappa shape index (κ3) is 2.78. The van der Waals surface area contributed by atoms with Gasteiger partial charge < -0.3 is 9.69 Å². The molecule has 0 fully saturated rings. The Hall–Kier alpha value is -3.02. The van der Waals surface area contributed by atoms with Crippen molar-refractivity contribution in [2.75, 3.05) is 4.90 Å². The van der Waals surface area contributed by atoms with E-state index in [1.807, 2.05) is 42.2 Å². The molecule has 3 rings (SSSR count). The fourth-order valence-corrected chi connectivity index (χ4v) is 2.92. The number of rotatable bonds is 5. The van der Waals surface area contributed by atoms with E-state index >= 15 is 0 Å². The monoisotopic (exact) mass is 323 g/mol. The molecule has 1 atom stereocenters. The number of benzene rings is 2. The lowest BCUT2D eigenvalue weighted by Crippen LogP contribution is -2.38. The number of aldehydes is 1. The molecule has 2 aromatic carbocycles. The molecule has 0 spiro atoms. The predicted octanol–water partition coefficient (Wildman–Crippen LogP) is 4.19. The van der Waals surface area contributed by atoms with Gasteiger partial charge in [0.1, 0.15) is 18.2 Å². The van der Waals surface area contributed by atoms with Crippen LogP contribution in [0.15, 0.2) is 53.5 Å². The topological polar surface area (TPSA) is 75.8 Å². The Morgan fingerprint density at radius 2 is 2.00 bits per heavy atom. The molecule has 0 aromatic heterocycles. The molecule has 6 heteroatoms. The van der Waals surface area contributed by atoms with Gasteiger partial charge >= 0.3 is 0 Å². The molecule has 0 bridgehead atoms. The second kappa shape index (κ2) is 6.62. The van der Waals surface area contributed by atoms with Gasteiger partial charge in [-0.3, -0.25) is 10.1 Å². The van der Waals surface area contributed by atoms with Gasteiger partial charge in [-0.15, -0.1) is 0 Å². The summed E-state index contributed by atoms with van der Waals surface area (Å²) in [5, 5.41) is 11.1. The van der Waals surface area contributed by atoms with Crippen LogP contribution in [0.4, 0.5) is 17.1 Å². The normalized spacial score (nSPS) is 16.3. The van der Waals surface area contributed by atoms with Gasteiger partial charge in [-0.05, 0) is 24.6 Å². The van der Waals surface area contributed by atoms with Crippen LogP contribution in [-0.4, -0.2) is 17.0 Å². The van der Waals surface area contributed by atoms with E-state index in [4.69, 9.17) is 0 Å². The molecule has 0 saturated heterocycles. The van der Waals surface area contributed by atoms with Crippen LogP contribution in [0.2, 0.25) is 0 Å². The largest absolute Gasteiger partial charge is 0.315 e. The number of amidine groups is 1. The number of hydrogen-bond donors (Lipinski definition) is 0. The van der Waals surface area contributed by atoms with E-state index < -0.39 is 11.0 Å². The molecular weight excluding hydrogens is 306 g/mol. The van der Waals surface area contributed by atoms with Crippen molar-refractivity contribution >= 4 is 29.2 Å². The van der Waals surface area contributed by atoms with E-state index in [1.54, 1.807) is 6.07 Å². The Morgan fingerprint density at radius 3 is 2.62 bits per heavy atom. The minimum absolute atomic E-state index is 0.0391. The number of nitro groups is 1. The number of carbonyl (C=O) groups excluding carboxylic acids is 1. The van der Waals surface area contributed by atoms with Gasteiger partial charge in [0, 0.05) is 29.8 Å². The van der Waals surface area contributed by atoms with Gasteiger partial charge in [-0.25, -0.2) is 4.99 Å². The first-order chi connectivity index (χ1) is 11.7. The first-order valence-electron chi connectivity index (χ1n) is 7.81. The summed E-state index contributed by atoms with van der Waals surface area (Å²) in [5.74, 6) is 0.794. The van der Waals surface area contributed by atoms with Crippen molar-refractivity contribution in [1.82, 2.24) is 0 Å². The minimum atomic E-state index is -0.624. The van der Waals surface area contributed by atoms with Gasteiger partial charge in [0.2, 0.25) is 0 Å². The molecule has 122 valence electrons. The Bertz CT molecular complexity index is 802. The predicted molar refractivity (Wildman–Crippen MR) is 92.8 cm³/mol. The second-order valence-corrected chi connectivity index (χ2v) is 5.56. The Labute approximate surface area is 139 Å². The third-order valence-corrected chi connectivity index (χ3v) is 3.98. The zero-order chi connectivity index (χ0) is 17.1. The number of non-ortho nitro benzene ring substituents is 1. The molecule has 1 aliphatic heterocycles. The zero-order valence-corrected chi connectivity index (χ0v) is 13.3. The molecule has 1 heterocycles. The third-order valence-electron chi connectivity index (χ3n) is 3.98. The summed E-state index contributed by atoms with van der Waals surface area (Å²) in [5.41, 5.74) is 1.98. The van der Waals surface area contributed by atoms with Crippen LogP contribution in [0.5, 0.6) is 0 Å². The molecule has 0 radical (unpaired) electrons. The average Bonchev–Trinajstić information content (AvgIpc) is 2.61. The number of carbonyl (C=O) groups is 1. The number of nitro benzene ring substituents is 1. The SMILES string of the molecule is CCCC1=Nc2ccc([N+](=O)[O-])cc2C(C=O)N1c1ccccc1. The standard InChI is InChI=1S/C18H17N3O3/c1-2-6-18-19-16-10-9-14(21(23)24)11-15(16)17(12-22)20(18)13-7-4-3-5-8-13/h3-5,7-12,17H,2,6H2,1H3. The molecule has 1 unspecified atom stereocenters. The lowest BCUT2D eigenvalue weighted by molar-refractivity contribution is -0.384. The van der Waals surface area contributed by atoms with Gasteiger partial charge in [0.15, 0.2) is 0 Å². The Kier molecular flexibility index (Phi) is 4.37. The lowest BCUT2D eigenvalue weighted by atomic mass is 9.99. The van der Waals surface area contributed by atoms with Crippen molar-refractivity contribution in [2.45, 2.75) is 25.8 Å². The summed E-state index contributed by atoms with van der Waals surface area (Å²) in [4.78, 5) is 29.0.